The number of likely N-dealkylation sites (tertiary alicyclic amines) is 1. The smallest absolute Gasteiger partial charge is 0.335 e. The van der Waals surface area contributed by atoms with E-state index in [9.17, 15) is 18.4 Å². The average molecular weight is 269 g/mol. The number of carboxylic acid groups (broad SMARTS) is 1. The van der Waals surface area contributed by atoms with Crippen molar-refractivity contribution in [3.8, 4) is 0 Å². The molecule has 1 aliphatic rings. The topological polar surface area (TPSA) is 57.6 Å². The van der Waals surface area contributed by atoms with E-state index in [1.165, 1.54) is 29.2 Å². The van der Waals surface area contributed by atoms with Gasteiger partial charge in [0.15, 0.2) is 0 Å². The van der Waals surface area contributed by atoms with Gasteiger partial charge in [-0.3, -0.25) is 4.79 Å². The number of alkyl halides is 2. The second kappa shape index (κ2) is 4.95. The SMILES string of the molecule is O=C(O)c1ccc(C(=O)N2CCC(F)(F)CC2)cc1. The first-order chi connectivity index (χ1) is 8.89. The molecule has 0 radical (unpaired) electrons. The van der Waals surface area contributed by atoms with Crippen LogP contribution in [-0.4, -0.2) is 40.9 Å². The van der Waals surface area contributed by atoms with Crippen molar-refractivity contribution in [3.05, 3.63) is 35.4 Å². The largest absolute Gasteiger partial charge is 0.478 e. The molecule has 1 N–H and O–H groups in total. The quantitative estimate of drug-likeness (QED) is 0.895. The number of nitrogens with zero attached hydrogens (tertiary/aromatic N) is 1. The number of carbonyl (C=O) groups is 2. The molecule has 4 nitrogen and oxygen atoms in total. The van der Waals surface area contributed by atoms with Crippen LogP contribution in [0.15, 0.2) is 24.3 Å². The van der Waals surface area contributed by atoms with Crippen molar-refractivity contribution in [2.45, 2.75) is 18.8 Å². The van der Waals surface area contributed by atoms with E-state index in [0.29, 0.717) is 5.56 Å². The predicted molar refractivity (Wildman–Crippen MR) is 63.5 cm³/mol. The van der Waals surface area contributed by atoms with Gasteiger partial charge in [0.25, 0.3) is 11.8 Å². The average Bonchev–Trinajstić information content (AvgIpc) is 2.38. The molecule has 1 aliphatic heterocycles. The molecule has 1 saturated heterocycles. The van der Waals surface area contributed by atoms with Crippen LogP contribution in [0.5, 0.6) is 0 Å². The predicted octanol–water partition coefficient (Wildman–Crippen LogP) is 2.26. The minimum Gasteiger partial charge on any atom is -0.478 e. The van der Waals surface area contributed by atoms with Gasteiger partial charge in [-0.05, 0) is 24.3 Å². The summed E-state index contributed by atoms with van der Waals surface area (Å²) < 4.78 is 26.0. The van der Waals surface area contributed by atoms with Gasteiger partial charge in [0.05, 0.1) is 5.56 Å². The lowest BCUT2D eigenvalue weighted by atomic mass is 10.0. The minimum atomic E-state index is -2.69. The van der Waals surface area contributed by atoms with E-state index in [4.69, 9.17) is 5.11 Å². The van der Waals surface area contributed by atoms with Gasteiger partial charge in [-0.1, -0.05) is 0 Å². The lowest BCUT2D eigenvalue weighted by Crippen LogP contribution is -2.42. The van der Waals surface area contributed by atoms with Crippen LogP contribution >= 0.6 is 0 Å². The number of piperidine rings is 1. The molecule has 1 fully saturated rings. The van der Waals surface area contributed by atoms with E-state index >= 15 is 0 Å². The third-order valence-electron chi connectivity index (χ3n) is 3.16. The van der Waals surface area contributed by atoms with Gasteiger partial charge >= 0.3 is 5.97 Å². The molecule has 0 saturated carbocycles. The van der Waals surface area contributed by atoms with Crippen molar-refractivity contribution in [1.82, 2.24) is 4.90 Å². The normalized spacial score (nSPS) is 18.1. The highest BCUT2D eigenvalue weighted by molar-refractivity contribution is 5.95. The molecule has 0 aromatic heterocycles. The molecule has 0 bridgehead atoms. The Hall–Kier alpha value is -1.98. The Bertz CT molecular complexity index is 489. The van der Waals surface area contributed by atoms with Crippen molar-refractivity contribution < 1.29 is 23.5 Å². The first-order valence-electron chi connectivity index (χ1n) is 5.89. The fraction of sp³-hybridized carbons (Fsp3) is 0.385. The third kappa shape index (κ3) is 3.07. The summed E-state index contributed by atoms with van der Waals surface area (Å²) in [5, 5.41) is 8.74. The summed E-state index contributed by atoms with van der Waals surface area (Å²) in [6.07, 6.45) is -0.655. The monoisotopic (exact) mass is 269 g/mol. The van der Waals surface area contributed by atoms with Crippen molar-refractivity contribution in [2.75, 3.05) is 13.1 Å². The first-order valence-corrected chi connectivity index (χ1v) is 5.89. The van der Waals surface area contributed by atoms with Gasteiger partial charge in [-0.15, -0.1) is 0 Å². The van der Waals surface area contributed by atoms with Gasteiger partial charge in [0.2, 0.25) is 0 Å². The molecule has 102 valence electrons. The van der Waals surface area contributed by atoms with Crippen LogP contribution in [-0.2, 0) is 0 Å². The number of hydrogen-bond donors (Lipinski definition) is 1. The van der Waals surface area contributed by atoms with Gasteiger partial charge < -0.3 is 10.0 Å². The molecule has 1 aromatic rings. The maximum Gasteiger partial charge on any atom is 0.335 e. The highest BCUT2D eigenvalue weighted by Gasteiger charge is 2.35. The lowest BCUT2D eigenvalue weighted by molar-refractivity contribution is -0.0494. The Morgan fingerprint density at radius 2 is 1.53 bits per heavy atom. The Labute approximate surface area is 108 Å². The van der Waals surface area contributed by atoms with Crippen molar-refractivity contribution >= 4 is 11.9 Å². The van der Waals surface area contributed by atoms with E-state index in [2.05, 4.69) is 0 Å². The van der Waals surface area contributed by atoms with E-state index in [1.54, 1.807) is 0 Å². The molecule has 19 heavy (non-hydrogen) atoms. The second-order valence-corrected chi connectivity index (χ2v) is 4.53. The molecule has 0 unspecified atom stereocenters. The molecular weight excluding hydrogens is 256 g/mol. The second-order valence-electron chi connectivity index (χ2n) is 4.53. The zero-order chi connectivity index (χ0) is 14.0. The van der Waals surface area contributed by atoms with E-state index in [0.717, 1.165) is 0 Å². The van der Waals surface area contributed by atoms with Crippen LogP contribution in [0.3, 0.4) is 0 Å². The summed E-state index contributed by atoms with van der Waals surface area (Å²) in [5.41, 5.74) is 0.400. The van der Waals surface area contributed by atoms with Gasteiger partial charge in [0.1, 0.15) is 0 Å². The lowest BCUT2D eigenvalue weighted by Gasteiger charge is -2.31. The van der Waals surface area contributed by atoms with Crippen LogP contribution < -0.4 is 0 Å². The molecule has 1 aromatic carbocycles. The van der Waals surface area contributed by atoms with Crippen LogP contribution in [0.2, 0.25) is 0 Å². The molecule has 0 atom stereocenters. The Kier molecular flexibility index (Phi) is 3.50. The summed E-state index contributed by atoms with van der Waals surface area (Å²) in [7, 11) is 0. The van der Waals surface area contributed by atoms with Gasteiger partial charge in [0, 0.05) is 31.5 Å². The van der Waals surface area contributed by atoms with Crippen LogP contribution in [0.1, 0.15) is 33.6 Å². The highest BCUT2D eigenvalue weighted by Crippen LogP contribution is 2.28. The molecular formula is C13H13F2NO3. The van der Waals surface area contributed by atoms with Crippen LogP contribution in [0.4, 0.5) is 8.78 Å². The number of amides is 1. The number of aromatic carboxylic acids is 1. The van der Waals surface area contributed by atoms with Crippen molar-refractivity contribution in [3.63, 3.8) is 0 Å². The fourth-order valence-corrected chi connectivity index (χ4v) is 1.97. The highest BCUT2D eigenvalue weighted by atomic mass is 19.3. The third-order valence-corrected chi connectivity index (χ3v) is 3.16. The Morgan fingerprint density at radius 1 is 1.05 bits per heavy atom. The van der Waals surface area contributed by atoms with Crippen molar-refractivity contribution in [2.24, 2.45) is 0 Å². The molecule has 0 aliphatic carbocycles. The molecule has 2 rings (SSSR count). The minimum absolute atomic E-state index is 0.0204. The maximum absolute atomic E-state index is 13.0. The summed E-state index contributed by atoms with van der Waals surface area (Å²) in [6, 6.07) is 5.46. The summed E-state index contributed by atoms with van der Waals surface area (Å²) in [5.74, 6) is -4.10. The number of carboxylic acids is 1. The fourth-order valence-electron chi connectivity index (χ4n) is 1.97. The maximum atomic E-state index is 13.0. The van der Waals surface area contributed by atoms with Crippen LogP contribution in [0.25, 0.3) is 0 Å². The zero-order valence-electron chi connectivity index (χ0n) is 10.1. The van der Waals surface area contributed by atoms with Gasteiger partial charge in [-0.25, -0.2) is 13.6 Å². The number of rotatable bonds is 2. The molecule has 0 spiro atoms. The zero-order valence-corrected chi connectivity index (χ0v) is 10.1. The molecule has 1 amide bonds. The van der Waals surface area contributed by atoms with E-state index in [-0.39, 0.29) is 37.4 Å². The first kappa shape index (κ1) is 13.5. The standard InChI is InChI=1S/C13H13F2NO3/c14-13(15)5-7-16(8-6-13)11(17)9-1-3-10(4-2-9)12(18)19/h1-4H,5-8H2,(H,18,19). The summed E-state index contributed by atoms with van der Waals surface area (Å²) in [6.45, 7) is 0.0407. The molecule has 1 heterocycles. The van der Waals surface area contributed by atoms with E-state index in [1.807, 2.05) is 0 Å². The molecule has 6 heteroatoms. The number of carbonyl (C=O) groups excluding carboxylic acids is 1. The number of hydrogen-bond acceptors (Lipinski definition) is 2. The number of halogens is 2. The Morgan fingerprint density at radius 3 is 2.00 bits per heavy atom. The van der Waals surface area contributed by atoms with Gasteiger partial charge in [-0.2, -0.15) is 0 Å². The number of benzene rings is 1. The van der Waals surface area contributed by atoms with Crippen molar-refractivity contribution in [1.29, 1.82) is 0 Å². The summed E-state index contributed by atoms with van der Waals surface area (Å²) >= 11 is 0. The Balaban J connectivity index is 2.06. The summed E-state index contributed by atoms with van der Waals surface area (Å²) in [4.78, 5) is 24.1. The van der Waals surface area contributed by atoms with Crippen LogP contribution in [0, 0.1) is 0 Å². The van der Waals surface area contributed by atoms with E-state index < -0.39 is 11.9 Å².